The molecule has 0 aromatic rings. The molecule has 8 aliphatic rings. The predicted octanol–water partition coefficient (Wildman–Crippen LogP) is 10.5. The minimum atomic E-state index is -0.795. The molecule has 0 heterocycles. The summed E-state index contributed by atoms with van der Waals surface area (Å²) < 4.78 is 18.9. The van der Waals surface area contributed by atoms with Gasteiger partial charge < -0.3 is 46.1 Å². The molecule has 0 saturated heterocycles. The van der Waals surface area contributed by atoms with Crippen molar-refractivity contribution in [2.75, 3.05) is 13.1 Å². The van der Waals surface area contributed by atoms with Gasteiger partial charge in [-0.3, -0.25) is 9.59 Å². The maximum Gasteiger partial charge on any atom is 0.342 e. The highest BCUT2D eigenvalue weighted by molar-refractivity contribution is 6.03. The monoisotopic (exact) mass is 1090 g/mol. The summed E-state index contributed by atoms with van der Waals surface area (Å²) in [7, 11) is 0. The number of hydrogen-bond donors (Lipinski definition) is 6. The zero-order valence-electron chi connectivity index (χ0n) is 50.5. The van der Waals surface area contributed by atoms with E-state index in [-0.39, 0.29) is 83.2 Å². The highest BCUT2D eigenvalue weighted by atomic mass is 16.6. The Kier molecular flexibility index (Phi) is 18.9. The van der Waals surface area contributed by atoms with Crippen LogP contribution >= 0.6 is 0 Å². The van der Waals surface area contributed by atoms with E-state index in [0.717, 1.165) is 69.2 Å². The van der Waals surface area contributed by atoms with Crippen LogP contribution in [0.3, 0.4) is 0 Å². The number of allylic oxidation sites excluding steroid dienone is 4. The van der Waals surface area contributed by atoms with Crippen LogP contribution in [0.2, 0.25) is 0 Å². The molecule has 13 nitrogen and oxygen atoms in total. The molecule has 0 amide bonds. The molecule has 0 spiro atoms. The fourth-order valence-corrected chi connectivity index (χ4v) is 19.9. The third kappa shape index (κ3) is 10.8. The van der Waals surface area contributed by atoms with Crippen molar-refractivity contribution in [3.05, 3.63) is 45.6 Å². The second-order valence-corrected chi connectivity index (χ2v) is 28.3. The van der Waals surface area contributed by atoms with E-state index in [0.29, 0.717) is 73.7 Å². The number of carbonyl (C=O) groups is 4. The number of nitrogens with two attached hydrogens (primary N) is 2. The molecule has 8 N–H and O–H groups in total. The third-order valence-electron chi connectivity index (χ3n) is 23.7. The van der Waals surface area contributed by atoms with Crippen LogP contribution in [0.4, 0.5) is 0 Å². The molecule has 3 unspecified atom stereocenters. The lowest BCUT2D eigenvalue weighted by atomic mass is 9.36. The van der Waals surface area contributed by atoms with Gasteiger partial charge in [-0.2, -0.15) is 0 Å². The zero-order chi connectivity index (χ0) is 57.8. The van der Waals surface area contributed by atoms with Crippen molar-refractivity contribution in [2.24, 2.45) is 91.3 Å². The summed E-state index contributed by atoms with van der Waals surface area (Å²) in [6.45, 7) is 30.3. The second-order valence-electron chi connectivity index (χ2n) is 28.3. The van der Waals surface area contributed by atoms with E-state index in [1.54, 1.807) is 0 Å². The number of ether oxygens (including phenoxy) is 3. The summed E-state index contributed by atoms with van der Waals surface area (Å²) in [5.41, 5.74) is 11.9. The van der Waals surface area contributed by atoms with Gasteiger partial charge in [0.25, 0.3) is 0 Å². The number of aliphatic hydroxyl groups is 4. The Morgan fingerprint density at radius 3 is 1.21 bits per heavy atom. The van der Waals surface area contributed by atoms with E-state index in [1.807, 2.05) is 27.7 Å². The number of aliphatic hydroxyl groups excluding tert-OH is 4. The molecule has 13 heteroatoms. The largest absolute Gasteiger partial charge is 0.458 e. The molecule has 20 atom stereocenters. The van der Waals surface area contributed by atoms with Crippen LogP contribution in [0.1, 0.15) is 206 Å². The lowest BCUT2D eigenvalue weighted by Gasteiger charge is -2.69. The molecule has 8 aliphatic carbocycles. The molecule has 8 fully saturated rings. The molecule has 8 saturated carbocycles. The average molecular weight is 1090 g/mol. The first-order valence-corrected chi connectivity index (χ1v) is 30.4. The average Bonchev–Trinajstić information content (AvgIpc) is 3.90. The van der Waals surface area contributed by atoms with E-state index in [4.69, 9.17) is 25.7 Å². The minimum Gasteiger partial charge on any atom is -0.458 e. The Labute approximate surface area is 468 Å². The molecule has 0 radical (unpaired) electrons. The number of esters is 4. The highest BCUT2D eigenvalue weighted by Gasteiger charge is 2.73. The molecular weight excluding hydrogens is 985 g/mol. The Bertz CT molecular complexity index is 2220. The van der Waals surface area contributed by atoms with Crippen LogP contribution in [-0.2, 0) is 33.4 Å². The summed E-state index contributed by atoms with van der Waals surface area (Å²) in [4.78, 5) is 57.3. The number of fused-ring (bicyclic) bond motifs is 10. The van der Waals surface area contributed by atoms with Crippen molar-refractivity contribution >= 4 is 23.9 Å². The van der Waals surface area contributed by atoms with E-state index in [1.165, 1.54) is 13.8 Å². The molecule has 440 valence electrons. The molecule has 0 bridgehead atoms. The van der Waals surface area contributed by atoms with Crippen molar-refractivity contribution in [1.29, 1.82) is 0 Å². The van der Waals surface area contributed by atoms with Crippen LogP contribution in [0.25, 0.3) is 0 Å². The summed E-state index contributed by atoms with van der Waals surface area (Å²) in [6, 6.07) is 0. The van der Waals surface area contributed by atoms with E-state index in [9.17, 15) is 30.0 Å². The van der Waals surface area contributed by atoms with Crippen molar-refractivity contribution in [1.82, 2.24) is 0 Å². The maximum atomic E-state index is 15.5. The number of carbonyl (C=O) groups excluding carboxylic acids is 4. The summed E-state index contributed by atoms with van der Waals surface area (Å²) in [5, 5.41) is 47.4. The predicted molar refractivity (Wildman–Crippen MR) is 304 cm³/mol. The van der Waals surface area contributed by atoms with Crippen LogP contribution in [0, 0.1) is 79.8 Å². The fraction of sp³-hybridized carbons (Fsp3) is 0.815. The van der Waals surface area contributed by atoms with Crippen molar-refractivity contribution in [3.63, 3.8) is 0 Å². The van der Waals surface area contributed by atoms with E-state index >= 15 is 9.59 Å². The summed E-state index contributed by atoms with van der Waals surface area (Å²) in [6.07, 6.45) is 10.8. The SMILES string of the molecule is CC(=O)O[C@H]1C[C@@]2(C)[C@H](C[C@@H](O)C3[C@@]4(C)CC[C@@H](O)[C@@H](C)C4CC[C@@]32C)C1=C(CCC=C(C)C)C(=O)OC(=O)C(CCC=C(C)C)=C1[C@@H](OC(C)=O)C[C@@]2(C)[C@@H]1C[C@@H](O)[C@@H]1[C@@]3(C)CC[C@@H](O)[C@@H](C)C3CC[C@@]12C.NCCCN. The lowest BCUT2D eigenvalue weighted by molar-refractivity contribution is -0.234. The molecule has 78 heavy (non-hydrogen) atoms. The highest BCUT2D eigenvalue weighted by Crippen LogP contribution is 2.76. The Morgan fingerprint density at radius 1 is 0.538 bits per heavy atom. The second kappa shape index (κ2) is 23.6. The van der Waals surface area contributed by atoms with Gasteiger partial charge in [0.15, 0.2) is 0 Å². The summed E-state index contributed by atoms with van der Waals surface area (Å²) >= 11 is 0. The van der Waals surface area contributed by atoms with Crippen LogP contribution < -0.4 is 11.5 Å². The number of hydrogen-bond acceptors (Lipinski definition) is 13. The Morgan fingerprint density at radius 2 is 0.897 bits per heavy atom. The van der Waals surface area contributed by atoms with Crippen LogP contribution in [0.5, 0.6) is 0 Å². The standard InChI is InChI=1S/C62H94O11.C3H10N2/c1-33(2)17-15-19-39(51-43-29-47(67)53-57(9)25-23-45(65)35(5)41(57)21-27-59(53,11)61(43,13)31-49(51)71-37(7)63)55(69)73-56(70)40(20-16-18-34(3)4)52-44-30-48(68)54-58(10)26-24-46(66)36(6)42(58)22-28-60(54,12)62(44,14)32-50(52)72-38(8)64;4-2-1-3-5/h17-18,35-36,41-50,53-54,65-68H,15-16,19-32H2,1-14H3;1-5H2/t35-,36-,41?,42?,43+,44+,45+,46+,47+,48+,49-,50-,53+,54?,57-,58-,59-,60-,61-,62-;/m0./s1. The van der Waals surface area contributed by atoms with Gasteiger partial charge in [-0.1, -0.05) is 78.7 Å². The normalized spacial score (nSPS) is 44.5. The van der Waals surface area contributed by atoms with Gasteiger partial charge in [-0.15, -0.1) is 0 Å². The summed E-state index contributed by atoms with van der Waals surface area (Å²) in [5.74, 6) is -2.69. The zero-order valence-corrected chi connectivity index (χ0v) is 50.5. The molecule has 0 aromatic heterocycles. The fourth-order valence-electron chi connectivity index (χ4n) is 19.9. The van der Waals surface area contributed by atoms with Gasteiger partial charge in [-0.05, 0) is 241 Å². The van der Waals surface area contributed by atoms with Gasteiger partial charge in [0.1, 0.15) is 12.2 Å². The topological polar surface area (TPSA) is 229 Å². The van der Waals surface area contributed by atoms with Gasteiger partial charge in [-0.25, -0.2) is 9.59 Å². The van der Waals surface area contributed by atoms with Crippen molar-refractivity contribution in [3.8, 4) is 0 Å². The van der Waals surface area contributed by atoms with Crippen LogP contribution in [-0.4, -0.2) is 94.0 Å². The van der Waals surface area contributed by atoms with E-state index < -0.39 is 70.0 Å². The smallest absolute Gasteiger partial charge is 0.342 e. The van der Waals surface area contributed by atoms with Crippen molar-refractivity contribution in [2.45, 2.75) is 243 Å². The lowest BCUT2D eigenvalue weighted by Crippen LogP contribution is -2.65. The Balaban J connectivity index is 0.00000169. The third-order valence-corrected chi connectivity index (χ3v) is 23.7. The number of rotatable bonds is 12. The maximum absolute atomic E-state index is 15.5. The van der Waals surface area contributed by atoms with E-state index in [2.05, 4.69) is 67.5 Å². The minimum absolute atomic E-state index is 0.0833. The first-order valence-electron chi connectivity index (χ1n) is 30.4. The van der Waals surface area contributed by atoms with Crippen molar-refractivity contribution < 1.29 is 53.8 Å². The van der Waals surface area contributed by atoms with Crippen LogP contribution in [0.15, 0.2) is 45.6 Å². The molecule has 0 aromatic carbocycles. The van der Waals surface area contributed by atoms with Gasteiger partial charge in [0, 0.05) is 25.0 Å². The van der Waals surface area contributed by atoms with Gasteiger partial charge in [0.05, 0.1) is 24.4 Å². The first-order chi connectivity index (χ1) is 36.4. The molecule has 0 aliphatic heterocycles. The first kappa shape index (κ1) is 62.4. The Hall–Kier alpha value is -3.20. The molecular formula is C65H104N2O11. The quantitative estimate of drug-likeness (QED) is 0.0352. The molecule has 8 rings (SSSR count). The van der Waals surface area contributed by atoms with Gasteiger partial charge >= 0.3 is 23.9 Å². The van der Waals surface area contributed by atoms with Gasteiger partial charge in [0.2, 0.25) is 0 Å².